The second-order valence-corrected chi connectivity index (χ2v) is 1.82. The molecule has 0 atom stereocenters. The molecule has 0 saturated carbocycles. The van der Waals surface area contributed by atoms with Crippen LogP contribution in [0.3, 0.4) is 0 Å². The molecule has 3 heteroatoms. The average Bonchev–Trinajstić information content (AvgIpc) is 2.31. The normalized spacial score (nSPS) is 15.7. The van der Waals surface area contributed by atoms with Crippen LogP contribution in [0.25, 0.3) is 0 Å². The largest absolute Gasteiger partial charge is 0.253 e. The Hall–Kier alpha value is -1.47. The first kappa shape index (κ1) is 6.65. The zero-order valence-electron chi connectivity index (χ0n) is 5.70. The van der Waals surface area contributed by atoms with Crippen LogP contribution >= 0.6 is 0 Å². The highest BCUT2D eigenvalue weighted by Gasteiger charge is 1.93. The van der Waals surface area contributed by atoms with Crippen molar-refractivity contribution in [3.8, 4) is 0 Å². The molecular formula is C7H7N3. The van der Waals surface area contributed by atoms with Crippen molar-refractivity contribution >= 4 is 19.3 Å². The number of nitrogens with zero attached hydrogens (tertiary/aromatic N) is 3. The molecule has 1 aliphatic heterocycles. The molecule has 0 radical (unpaired) electrons. The van der Waals surface area contributed by atoms with Crippen molar-refractivity contribution < 1.29 is 0 Å². The van der Waals surface area contributed by atoms with Crippen LogP contribution in [0.15, 0.2) is 32.1 Å². The lowest BCUT2D eigenvalue weighted by Crippen LogP contribution is -1.67. The molecule has 0 spiro atoms. The second kappa shape index (κ2) is 2.90. The van der Waals surface area contributed by atoms with Crippen molar-refractivity contribution in [3.05, 3.63) is 17.1 Å². The number of hydrogen-bond acceptors (Lipinski definition) is 2. The minimum atomic E-state index is 0.560. The van der Waals surface area contributed by atoms with E-state index in [1.54, 1.807) is 6.21 Å². The number of allylic oxidation sites excluding steroid dienone is 1. The molecule has 1 rings (SSSR count). The van der Waals surface area contributed by atoms with Crippen molar-refractivity contribution in [2.24, 2.45) is 15.0 Å². The molecule has 1 heterocycles. The van der Waals surface area contributed by atoms with E-state index in [4.69, 9.17) is 0 Å². The topological polar surface area (TPSA) is 37.1 Å². The second-order valence-electron chi connectivity index (χ2n) is 1.82. The third kappa shape index (κ3) is 1.50. The Morgan fingerprint density at radius 2 is 2.60 bits per heavy atom. The smallest absolute Gasteiger partial charge is 0.198 e. The first-order valence-electron chi connectivity index (χ1n) is 2.83. The molecule has 1 aliphatic rings. The first-order chi connectivity index (χ1) is 4.83. The van der Waals surface area contributed by atoms with Crippen LogP contribution in [0.1, 0.15) is 6.92 Å². The van der Waals surface area contributed by atoms with Gasteiger partial charge < -0.3 is 0 Å². The number of aliphatic imine (C=N–C) groups is 3. The molecule has 0 N–H and O–H groups in total. The fraction of sp³-hybridized carbons (Fsp3) is 0.143. The molecule has 50 valence electrons. The highest BCUT2D eigenvalue weighted by molar-refractivity contribution is 5.81. The van der Waals surface area contributed by atoms with Gasteiger partial charge in [0.2, 0.25) is 0 Å². The van der Waals surface area contributed by atoms with E-state index >= 15 is 0 Å². The van der Waals surface area contributed by atoms with Gasteiger partial charge in [0.1, 0.15) is 6.34 Å². The summed E-state index contributed by atoms with van der Waals surface area (Å²) in [7, 11) is 0. The minimum absolute atomic E-state index is 0.560. The van der Waals surface area contributed by atoms with Crippen LogP contribution in [-0.4, -0.2) is 19.3 Å². The fourth-order valence-electron chi connectivity index (χ4n) is 0.560. The van der Waals surface area contributed by atoms with E-state index in [2.05, 4.69) is 27.4 Å². The van der Waals surface area contributed by atoms with Crippen LogP contribution < -0.4 is 0 Å². The van der Waals surface area contributed by atoms with Gasteiger partial charge in [-0.3, -0.25) is 4.99 Å². The van der Waals surface area contributed by atoms with Gasteiger partial charge >= 0.3 is 0 Å². The zero-order valence-corrected chi connectivity index (χ0v) is 5.70. The van der Waals surface area contributed by atoms with Crippen LogP contribution in [0.5, 0.6) is 0 Å². The van der Waals surface area contributed by atoms with Gasteiger partial charge in [-0.05, 0) is 13.6 Å². The molecule has 0 aromatic heterocycles. The Morgan fingerprint density at radius 3 is 3.10 bits per heavy atom. The van der Waals surface area contributed by atoms with E-state index in [1.165, 1.54) is 6.34 Å². The van der Waals surface area contributed by atoms with Crippen molar-refractivity contribution in [1.29, 1.82) is 0 Å². The Labute approximate surface area is 59.2 Å². The molecule has 0 aliphatic carbocycles. The summed E-state index contributed by atoms with van der Waals surface area (Å²) < 4.78 is 0. The lowest BCUT2D eigenvalue weighted by atomic mass is 10.4. The summed E-state index contributed by atoms with van der Waals surface area (Å²) in [4.78, 5) is 11.2. The van der Waals surface area contributed by atoms with Crippen LogP contribution in [0, 0.1) is 0 Å². The third-order valence-corrected chi connectivity index (χ3v) is 0.951. The Kier molecular flexibility index (Phi) is 1.92. The van der Waals surface area contributed by atoms with Crippen molar-refractivity contribution in [1.82, 2.24) is 0 Å². The molecule has 0 aromatic carbocycles. The molecule has 3 nitrogen and oxygen atoms in total. The summed E-state index contributed by atoms with van der Waals surface area (Å²) in [6.45, 7) is 5.15. The average molecular weight is 133 g/mol. The van der Waals surface area contributed by atoms with Gasteiger partial charge in [0.25, 0.3) is 0 Å². The minimum Gasteiger partial charge on any atom is -0.253 e. The summed E-state index contributed by atoms with van der Waals surface area (Å²) in [5.41, 5.74) is 3.90. The monoisotopic (exact) mass is 133 g/mol. The lowest BCUT2D eigenvalue weighted by molar-refractivity contribution is 1.28. The van der Waals surface area contributed by atoms with E-state index in [0.29, 0.717) is 5.82 Å². The molecule has 0 aromatic rings. The fourth-order valence-corrected chi connectivity index (χ4v) is 0.560. The van der Waals surface area contributed by atoms with E-state index < -0.39 is 0 Å². The van der Waals surface area contributed by atoms with E-state index in [0.717, 1.165) is 5.57 Å². The van der Waals surface area contributed by atoms with Crippen LogP contribution in [0.2, 0.25) is 0 Å². The van der Waals surface area contributed by atoms with Crippen LogP contribution in [-0.2, 0) is 0 Å². The van der Waals surface area contributed by atoms with Gasteiger partial charge in [-0.2, -0.15) is 0 Å². The molecule has 0 saturated heterocycles. The maximum Gasteiger partial charge on any atom is 0.198 e. The van der Waals surface area contributed by atoms with Gasteiger partial charge in [-0.25, -0.2) is 9.98 Å². The molecule has 0 bridgehead atoms. The number of rotatable bonds is 2. The van der Waals surface area contributed by atoms with Crippen LogP contribution in [0.4, 0.5) is 0 Å². The summed E-state index contributed by atoms with van der Waals surface area (Å²) in [5.74, 6) is 0.560. The third-order valence-electron chi connectivity index (χ3n) is 0.951. The highest BCUT2D eigenvalue weighted by atomic mass is 15.0. The van der Waals surface area contributed by atoms with Crippen molar-refractivity contribution in [2.75, 3.05) is 0 Å². The summed E-state index contributed by atoms with van der Waals surface area (Å²) >= 11 is 0. The predicted molar refractivity (Wildman–Crippen MR) is 42.7 cm³/mol. The molecular weight excluding hydrogens is 126 g/mol. The predicted octanol–water partition coefficient (Wildman–Crippen LogP) is 1.19. The quantitative estimate of drug-likeness (QED) is 0.308. The molecule has 0 fully saturated rings. The van der Waals surface area contributed by atoms with Gasteiger partial charge in [0.15, 0.2) is 5.82 Å². The first-order valence-corrected chi connectivity index (χ1v) is 2.83. The Balaban J connectivity index is 2.78. The summed E-state index contributed by atoms with van der Waals surface area (Å²) in [6, 6.07) is 0. The number of hydrogen-bond donors (Lipinski definition) is 0. The van der Waals surface area contributed by atoms with Gasteiger partial charge in [-0.15, -0.1) is 0 Å². The Bertz CT molecular complexity index is 265. The van der Waals surface area contributed by atoms with E-state index in [1.807, 2.05) is 6.92 Å². The lowest BCUT2D eigenvalue weighted by Gasteiger charge is -1.78. The van der Waals surface area contributed by atoms with E-state index in [-0.39, 0.29) is 0 Å². The maximum atomic E-state index is 3.91. The molecule has 0 amide bonds. The van der Waals surface area contributed by atoms with Gasteiger partial charge in [-0.1, -0.05) is 5.73 Å². The standard InChI is InChI=1S/C7H7N3/c1-6-3-7(9-4-6)10-5-8-2/h4-5H,2H2,1H3/b10-5-. The zero-order chi connectivity index (χ0) is 7.40. The van der Waals surface area contributed by atoms with Gasteiger partial charge in [0, 0.05) is 11.8 Å². The molecule has 10 heavy (non-hydrogen) atoms. The van der Waals surface area contributed by atoms with Gasteiger partial charge in [0.05, 0.1) is 0 Å². The van der Waals surface area contributed by atoms with Crippen molar-refractivity contribution in [3.63, 3.8) is 0 Å². The highest BCUT2D eigenvalue weighted by Crippen LogP contribution is 2.04. The van der Waals surface area contributed by atoms with E-state index in [9.17, 15) is 0 Å². The summed E-state index contributed by atoms with van der Waals surface area (Å²) in [5, 5.41) is 0. The maximum absolute atomic E-state index is 3.91. The van der Waals surface area contributed by atoms with Crippen molar-refractivity contribution in [2.45, 2.75) is 6.92 Å². The SMILES string of the molecule is C=N/C=N\C1=C=C(C)C=N1. The molecule has 0 unspecified atom stereocenters. The Morgan fingerprint density at radius 1 is 1.80 bits per heavy atom. The summed E-state index contributed by atoms with van der Waals surface area (Å²) in [6.07, 6.45) is 3.05.